The fraction of sp³-hybridized carbons (Fsp3) is 0.867. The van der Waals surface area contributed by atoms with Crippen molar-refractivity contribution in [3.63, 3.8) is 0 Å². The van der Waals surface area contributed by atoms with Crippen LogP contribution < -0.4 is 10.6 Å². The highest BCUT2D eigenvalue weighted by Crippen LogP contribution is 2.14. The molecule has 3 aliphatic heterocycles. The topological polar surface area (TPSA) is 72.4 Å². The fourth-order valence-electron chi connectivity index (χ4n) is 2.87. The first-order valence-electron chi connectivity index (χ1n) is 8.28. The Morgan fingerprint density at radius 3 is 2.50 bits per heavy atom. The van der Waals surface area contributed by atoms with Crippen LogP contribution in [0.3, 0.4) is 0 Å². The molecular weight excluding hydrogens is 423 g/mol. The Kier molecular flexibility index (Phi) is 9.86. The molecule has 2 bridgehead atoms. The Morgan fingerprint density at radius 2 is 1.96 bits per heavy atom. The number of hydrogen-bond acceptors (Lipinski definition) is 5. The molecule has 0 aromatic heterocycles. The second-order valence-electron chi connectivity index (χ2n) is 6.24. The van der Waals surface area contributed by atoms with Gasteiger partial charge in [-0.05, 0) is 0 Å². The van der Waals surface area contributed by atoms with Gasteiger partial charge in [0, 0.05) is 73.1 Å². The minimum Gasteiger partial charge on any atom is -0.383 e. The highest BCUT2D eigenvalue weighted by molar-refractivity contribution is 14.0. The molecule has 1 atom stereocenters. The number of carbonyl (C=O) groups is 1. The van der Waals surface area contributed by atoms with Crippen LogP contribution in [-0.4, -0.2) is 113 Å². The highest BCUT2D eigenvalue weighted by atomic mass is 127. The maximum Gasteiger partial charge on any atom is 0.243 e. The number of aliphatic imine (C=N–C) groups is 1. The van der Waals surface area contributed by atoms with Gasteiger partial charge in [0.1, 0.15) is 6.54 Å². The van der Waals surface area contributed by atoms with Crippen molar-refractivity contribution < 1.29 is 9.53 Å². The van der Waals surface area contributed by atoms with Gasteiger partial charge in [-0.1, -0.05) is 0 Å². The van der Waals surface area contributed by atoms with Crippen LogP contribution in [0, 0.1) is 0 Å². The summed E-state index contributed by atoms with van der Waals surface area (Å²) in [6.45, 7) is 8.02. The Labute approximate surface area is 162 Å². The normalized spacial score (nSPS) is 25.8. The Morgan fingerprint density at radius 1 is 1.25 bits per heavy atom. The Bertz CT molecular complexity index is 413. The van der Waals surface area contributed by atoms with E-state index >= 15 is 0 Å². The monoisotopic (exact) mass is 454 g/mol. The molecule has 3 rings (SSSR count). The summed E-state index contributed by atoms with van der Waals surface area (Å²) in [5, 5.41) is 6.58. The molecule has 8 nitrogen and oxygen atoms in total. The zero-order chi connectivity index (χ0) is 16.7. The van der Waals surface area contributed by atoms with Crippen LogP contribution in [0.2, 0.25) is 0 Å². The number of nitrogens with one attached hydrogen (secondary N) is 2. The van der Waals surface area contributed by atoms with Crippen LogP contribution in [-0.2, 0) is 9.53 Å². The minimum atomic E-state index is -0.00979. The van der Waals surface area contributed by atoms with Crippen molar-refractivity contribution in [3.05, 3.63) is 0 Å². The molecule has 0 spiro atoms. The van der Waals surface area contributed by atoms with E-state index in [4.69, 9.17) is 4.74 Å². The van der Waals surface area contributed by atoms with E-state index in [1.165, 1.54) is 13.1 Å². The SMILES string of the molecule is COCCNC(=NCC(=O)N(C)C)NCC1CN2CCN1CC2.I. The number of amides is 1. The number of fused-ring (bicyclic) bond motifs is 3. The molecule has 9 heteroatoms. The van der Waals surface area contributed by atoms with Crippen molar-refractivity contribution in [2.24, 2.45) is 4.99 Å². The molecule has 0 saturated carbocycles. The standard InChI is InChI=1S/C15H30N6O2.HI/c1-19(2)14(22)11-18-15(16-4-9-23-3)17-10-13-12-20-5-7-21(13)8-6-20;/h13H,4-12H2,1-3H3,(H2,16,17,18);1H. The summed E-state index contributed by atoms with van der Waals surface area (Å²) in [6, 6.07) is 0.511. The molecule has 0 aliphatic carbocycles. The van der Waals surface area contributed by atoms with E-state index in [0.717, 1.165) is 26.2 Å². The van der Waals surface area contributed by atoms with Crippen molar-refractivity contribution in [1.82, 2.24) is 25.3 Å². The maximum atomic E-state index is 11.7. The summed E-state index contributed by atoms with van der Waals surface area (Å²) < 4.78 is 5.06. The predicted octanol–water partition coefficient (Wildman–Crippen LogP) is -1.13. The molecule has 1 amide bonds. The molecule has 140 valence electrons. The molecule has 2 N–H and O–H groups in total. The van der Waals surface area contributed by atoms with Gasteiger partial charge in [-0.25, -0.2) is 4.99 Å². The van der Waals surface area contributed by atoms with Gasteiger partial charge in [-0.2, -0.15) is 0 Å². The van der Waals surface area contributed by atoms with E-state index in [0.29, 0.717) is 25.2 Å². The van der Waals surface area contributed by atoms with Crippen molar-refractivity contribution in [3.8, 4) is 0 Å². The lowest BCUT2D eigenvalue weighted by atomic mass is 10.1. The molecule has 1 unspecified atom stereocenters. The van der Waals surface area contributed by atoms with Gasteiger partial charge >= 0.3 is 0 Å². The smallest absolute Gasteiger partial charge is 0.243 e. The molecule has 3 fully saturated rings. The highest BCUT2D eigenvalue weighted by Gasteiger charge is 2.31. The largest absolute Gasteiger partial charge is 0.383 e. The first-order valence-corrected chi connectivity index (χ1v) is 8.28. The van der Waals surface area contributed by atoms with Crippen molar-refractivity contribution in [1.29, 1.82) is 0 Å². The van der Waals surface area contributed by atoms with Gasteiger partial charge in [-0.15, -0.1) is 24.0 Å². The third kappa shape index (κ3) is 6.69. The summed E-state index contributed by atoms with van der Waals surface area (Å²) in [5.74, 6) is 0.666. The zero-order valence-corrected chi connectivity index (χ0v) is 17.3. The van der Waals surface area contributed by atoms with Crippen LogP contribution >= 0.6 is 24.0 Å². The first kappa shape index (κ1) is 21.4. The quantitative estimate of drug-likeness (QED) is 0.220. The number of carbonyl (C=O) groups excluding carboxylic acids is 1. The predicted molar refractivity (Wildman–Crippen MR) is 106 cm³/mol. The lowest BCUT2D eigenvalue weighted by Crippen LogP contribution is -2.63. The average molecular weight is 454 g/mol. The molecule has 3 aliphatic rings. The first-order chi connectivity index (χ1) is 11.1. The van der Waals surface area contributed by atoms with Crippen LogP contribution in [0.4, 0.5) is 0 Å². The van der Waals surface area contributed by atoms with Gasteiger partial charge < -0.3 is 20.3 Å². The molecule has 0 aromatic carbocycles. The molecule has 0 radical (unpaired) electrons. The molecule has 3 saturated heterocycles. The maximum absolute atomic E-state index is 11.7. The van der Waals surface area contributed by atoms with Gasteiger partial charge in [0.2, 0.25) is 5.91 Å². The van der Waals surface area contributed by atoms with E-state index in [1.54, 1.807) is 26.1 Å². The van der Waals surface area contributed by atoms with Crippen molar-refractivity contribution in [2.75, 3.05) is 80.2 Å². The molecule has 24 heavy (non-hydrogen) atoms. The Hall–Kier alpha value is -0.650. The lowest BCUT2D eigenvalue weighted by molar-refractivity contribution is -0.127. The number of guanidine groups is 1. The lowest BCUT2D eigenvalue weighted by Gasteiger charge is -2.47. The van der Waals surface area contributed by atoms with Crippen molar-refractivity contribution >= 4 is 35.8 Å². The number of likely N-dealkylation sites (N-methyl/N-ethyl adjacent to an activating group) is 1. The number of methoxy groups -OCH3 is 1. The summed E-state index contributed by atoms with van der Waals surface area (Å²) in [6.07, 6.45) is 0. The summed E-state index contributed by atoms with van der Waals surface area (Å²) >= 11 is 0. The average Bonchev–Trinajstić information content (AvgIpc) is 2.57. The fourth-order valence-corrected chi connectivity index (χ4v) is 2.87. The third-order valence-corrected chi connectivity index (χ3v) is 4.37. The van der Waals surface area contributed by atoms with Crippen LogP contribution in [0.15, 0.2) is 4.99 Å². The Balaban J connectivity index is 0.00000288. The van der Waals surface area contributed by atoms with E-state index in [2.05, 4.69) is 25.4 Å². The van der Waals surface area contributed by atoms with Gasteiger partial charge in [0.15, 0.2) is 5.96 Å². The van der Waals surface area contributed by atoms with Gasteiger partial charge in [0.25, 0.3) is 0 Å². The number of nitrogens with zero attached hydrogens (tertiary/aromatic N) is 4. The number of halogens is 1. The number of piperazine rings is 3. The van der Waals surface area contributed by atoms with Crippen LogP contribution in [0.1, 0.15) is 0 Å². The van der Waals surface area contributed by atoms with E-state index in [9.17, 15) is 4.79 Å². The molecular formula is C15H31IN6O2. The van der Waals surface area contributed by atoms with Gasteiger partial charge in [0.05, 0.1) is 6.61 Å². The number of rotatable bonds is 7. The summed E-state index contributed by atoms with van der Waals surface area (Å²) in [7, 11) is 5.15. The van der Waals surface area contributed by atoms with Crippen molar-refractivity contribution in [2.45, 2.75) is 6.04 Å². The van der Waals surface area contributed by atoms with E-state index in [-0.39, 0.29) is 36.4 Å². The number of ether oxygens (including phenoxy) is 1. The second kappa shape index (κ2) is 11.1. The minimum absolute atomic E-state index is 0. The van der Waals surface area contributed by atoms with Crippen LogP contribution in [0.5, 0.6) is 0 Å². The van der Waals surface area contributed by atoms with Gasteiger partial charge in [-0.3, -0.25) is 14.6 Å². The van der Waals surface area contributed by atoms with E-state index in [1.807, 2.05) is 0 Å². The number of hydrogen-bond donors (Lipinski definition) is 2. The van der Waals surface area contributed by atoms with E-state index < -0.39 is 0 Å². The van der Waals surface area contributed by atoms with Crippen LogP contribution in [0.25, 0.3) is 0 Å². The molecule has 0 aromatic rings. The second-order valence-corrected chi connectivity index (χ2v) is 6.24. The third-order valence-electron chi connectivity index (χ3n) is 4.37. The zero-order valence-electron chi connectivity index (χ0n) is 15.0. The summed E-state index contributed by atoms with van der Waals surface area (Å²) in [4.78, 5) is 22.7. The summed E-state index contributed by atoms with van der Waals surface area (Å²) in [5.41, 5.74) is 0. The molecule has 3 heterocycles.